The van der Waals surface area contributed by atoms with Gasteiger partial charge in [0.05, 0.1) is 17.2 Å². The fourth-order valence-electron chi connectivity index (χ4n) is 0.885. The summed E-state index contributed by atoms with van der Waals surface area (Å²) in [5, 5.41) is 3.12. The van der Waals surface area contributed by atoms with Crippen LogP contribution in [0.3, 0.4) is 0 Å². The predicted molar refractivity (Wildman–Crippen MR) is 71.2 cm³/mol. The summed E-state index contributed by atoms with van der Waals surface area (Å²) in [4.78, 5) is 28.0. The molecule has 0 heterocycles. The lowest BCUT2D eigenvalue weighted by atomic mass is 10.0. The Morgan fingerprint density at radius 2 is 1.50 bits per heavy atom. The van der Waals surface area contributed by atoms with Crippen molar-refractivity contribution >= 4 is 11.6 Å². The maximum absolute atomic E-state index is 11.3. The quantitative estimate of drug-likeness (QED) is 0.641. The summed E-state index contributed by atoms with van der Waals surface area (Å²) in [5.74, 6) is 0.0819. The third kappa shape index (κ3) is 5.71. The second-order valence-electron chi connectivity index (χ2n) is 5.77. The van der Waals surface area contributed by atoms with E-state index in [0.29, 0.717) is 6.54 Å². The van der Waals surface area contributed by atoms with Crippen LogP contribution in [0.25, 0.3) is 0 Å². The molecule has 0 fully saturated rings. The summed E-state index contributed by atoms with van der Waals surface area (Å²) < 4.78 is 0. The minimum Gasteiger partial charge on any atom is -0.303 e. The van der Waals surface area contributed by atoms with E-state index in [2.05, 4.69) is 10.8 Å². The van der Waals surface area contributed by atoms with Crippen LogP contribution >= 0.6 is 0 Å². The number of carbonyl (C=O) groups excluding carboxylic acids is 2. The van der Waals surface area contributed by atoms with Gasteiger partial charge in [0.15, 0.2) is 5.78 Å². The smallest absolute Gasteiger partial charge is 0.151 e. The number of rotatable bonds is 8. The van der Waals surface area contributed by atoms with Gasteiger partial charge in [0, 0.05) is 6.54 Å². The summed E-state index contributed by atoms with van der Waals surface area (Å²) in [5.41, 5.74) is 1.48. The van der Waals surface area contributed by atoms with E-state index < -0.39 is 11.1 Å². The maximum Gasteiger partial charge on any atom is 0.151 e. The van der Waals surface area contributed by atoms with Crippen LogP contribution in [0.15, 0.2) is 0 Å². The molecule has 0 saturated carbocycles. The van der Waals surface area contributed by atoms with Crippen molar-refractivity contribution in [3.05, 3.63) is 0 Å². The highest BCUT2D eigenvalue weighted by Gasteiger charge is 2.26. The first-order valence-corrected chi connectivity index (χ1v) is 6.19. The van der Waals surface area contributed by atoms with E-state index in [1.807, 2.05) is 20.8 Å². The van der Waals surface area contributed by atoms with Crippen molar-refractivity contribution in [2.24, 2.45) is 0 Å². The zero-order chi connectivity index (χ0) is 14.6. The standard InChI is InChI=1S/C13H26N2O3/c1-9(8-14-12(4,5)10(2)16)18-15-13(6,7)11(3)17/h9,14-15H,8H2,1-7H3. The van der Waals surface area contributed by atoms with Crippen LogP contribution in [0.4, 0.5) is 0 Å². The van der Waals surface area contributed by atoms with Gasteiger partial charge in [0.1, 0.15) is 5.78 Å². The number of nitrogens with one attached hydrogen (secondary N) is 2. The molecule has 5 heteroatoms. The Hall–Kier alpha value is -0.780. The largest absolute Gasteiger partial charge is 0.303 e. The molecule has 0 aliphatic heterocycles. The average Bonchev–Trinajstić information content (AvgIpc) is 2.23. The lowest BCUT2D eigenvalue weighted by Crippen LogP contribution is -2.51. The van der Waals surface area contributed by atoms with Crippen LogP contribution in [0.5, 0.6) is 0 Å². The molecule has 0 aromatic heterocycles. The van der Waals surface area contributed by atoms with Gasteiger partial charge in [-0.3, -0.25) is 14.4 Å². The van der Waals surface area contributed by atoms with E-state index in [0.717, 1.165) is 0 Å². The lowest BCUT2D eigenvalue weighted by molar-refractivity contribution is -0.132. The highest BCUT2D eigenvalue weighted by molar-refractivity contribution is 5.85. The average molecular weight is 258 g/mol. The van der Waals surface area contributed by atoms with Crippen molar-refractivity contribution in [1.29, 1.82) is 0 Å². The fourth-order valence-corrected chi connectivity index (χ4v) is 0.885. The van der Waals surface area contributed by atoms with E-state index in [-0.39, 0.29) is 17.7 Å². The van der Waals surface area contributed by atoms with Crippen LogP contribution in [0, 0.1) is 0 Å². The van der Waals surface area contributed by atoms with E-state index in [1.54, 1.807) is 20.8 Å². The number of hydroxylamine groups is 1. The van der Waals surface area contributed by atoms with E-state index in [1.165, 1.54) is 6.92 Å². The molecular weight excluding hydrogens is 232 g/mol. The molecule has 0 aliphatic rings. The van der Waals surface area contributed by atoms with Gasteiger partial charge in [-0.25, -0.2) is 0 Å². The maximum atomic E-state index is 11.3. The molecular formula is C13H26N2O3. The number of carbonyl (C=O) groups is 2. The van der Waals surface area contributed by atoms with Crippen LogP contribution in [0.1, 0.15) is 48.5 Å². The van der Waals surface area contributed by atoms with Crippen molar-refractivity contribution in [1.82, 2.24) is 10.8 Å². The normalized spacial score (nSPS) is 14.4. The summed E-state index contributed by atoms with van der Waals surface area (Å²) in [6.07, 6.45) is -0.151. The lowest BCUT2D eigenvalue weighted by Gasteiger charge is -2.28. The molecule has 0 saturated heterocycles. The molecule has 0 aromatic rings. The second-order valence-corrected chi connectivity index (χ2v) is 5.77. The molecule has 0 rings (SSSR count). The van der Waals surface area contributed by atoms with Gasteiger partial charge in [-0.2, -0.15) is 5.48 Å². The van der Waals surface area contributed by atoms with Crippen molar-refractivity contribution in [2.45, 2.75) is 65.6 Å². The molecule has 1 unspecified atom stereocenters. The first kappa shape index (κ1) is 17.2. The van der Waals surface area contributed by atoms with Crippen LogP contribution in [-0.4, -0.2) is 35.3 Å². The zero-order valence-corrected chi connectivity index (χ0v) is 12.5. The Balaban J connectivity index is 4.11. The van der Waals surface area contributed by atoms with Crippen molar-refractivity contribution in [2.75, 3.05) is 6.54 Å². The molecule has 0 spiro atoms. The van der Waals surface area contributed by atoms with Crippen molar-refractivity contribution < 1.29 is 14.4 Å². The molecule has 0 aromatic carbocycles. The van der Waals surface area contributed by atoms with Crippen LogP contribution < -0.4 is 10.8 Å². The van der Waals surface area contributed by atoms with Gasteiger partial charge in [0.25, 0.3) is 0 Å². The molecule has 0 aliphatic carbocycles. The molecule has 0 amide bonds. The molecule has 1 atom stereocenters. The monoisotopic (exact) mass is 258 g/mol. The van der Waals surface area contributed by atoms with Gasteiger partial charge in [0.2, 0.25) is 0 Å². The predicted octanol–water partition coefficient (Wildman–Crippen LogP) is 1.22. The van der Waals surface area contributed by atoms with E-state index in [9.17, 15) is 9.59 Å². The SMILES string of the molecule is CC(=O)C(C)(C)NCC(C)ONC(C)(C)C(C)=O. The Morgan fingerprint density at radius 3 is 1.89 bits per heavy atom. The first-order valence-electron chi connectivity index (χ1n) is 6.19. The molecule has 0 radical (unpaired) electrons. The molecule has 18 heavy (non-hydrogen) atoms. The Labute approximate surface area is 110 Å². The number of hydrogen-bond acceptors (Lipinski definition) is 5. The summed E-state index contributed by atoms with van der Waals surface area (Å²) >= 11 is 0. The Bertz CT molecular complexity index is 281. The number of hydrogen-bond donors (Lipinski definition) is 2. The zero-order valence-electron chi connectivity index (χ0n) is 12.5. The minimum atomic E-state index is -0.704. The molecule has 5 nitrogen and oxygen atoms in total. The highest BCUT2D eigenvalue weighted by Crippen LogP contribution is 2.06. The number of Topliss-reactive ketones (excluding diaryl/α,β-unsaturated/α-hetero) is 2. The Morgan fingerprint density at radius 1 is 1.06 bits per heavy atom. The highest BCUT2D eigenvalue weighted by atomic mass is 16.7. The summed E-state index contributed by atoms with van der Waals surface area (Å²) in [6, 6.07) is 0. The van der Waals surface area contributed by atoms with Crippen LogP contribution in [0.2, 0.25) is 0 Å². The molecule has 106 valence electrons. The van der Waals surface area contributed by atoms with Gasteiger partial charge in [-0.1, -0.05) is 0 Å². The van der Waals surface area contributed by atoms with Gasteiger partial charge >= 0.3 is 0 Å². The Kier molecular flexibility index (Phi) is 6.13. The van der Waals surface area contributed by atoms with Crippen molar-refractivity contribution in [3.63, 3.8) is 0 Å². The third-order valence-corrected chi connectivity index (χ3v) is 3.11. The van der Waals surface area contributed by atoms with Crippen molar-refractivity contribution in [3.8, 4) is 0 Å². The molecule has 0 bridgehead atoms. The van der Waals surface area contributed by atoms with E-state index >= 15 is 0 Å². The topological polar surface area (TPSA) is 67.4 Å². The minimum absolute atomic E-state index is 0.00623. The van der Waals surface area contributed by atoms with Gasteiger partial charge in [-0.05, 0) is 48.5 Å². The first-order chi connectivity index (χ1) is 7.99. The summed E-state index contributed by atoms with van der Waals surface area (Å²) in [6.45, 7) is 12.6. The summed E-state index contributed by atoms with van der Waals surface area (Å²) in [7, 11) is 0. The second kappa shape index (κ2) is 6.41. The van der Waals surface area contributed by atoms with E-state index in [4.69, 9.17) is 4.84 Å². The van der Waals surface area contributed by atoms with Gasteiger partial charge in [-0.15, -0.1) is 0 Å². The fraction of sp³-hybridized carbons (Fsp3) is 0.846. The number of ketones is 2. The van der Waals surface area contributed by atoms with Gasteiger partial charge < -0.3 is 5.32 Å². The molecule has 2 N–H and O–H groups in total. The third-order valence-electron chi connectivity index (χ3n) is 3.11. The van der Waals surface area contributed by atoms with Crippen LogP contribution in [-0.2, 0) is 14.4 Å².